The van der Waals surface area contributed by atoms with E-state index < -0.39 is 0 Å². The van der Waals surface area contributed by atoms with Crippen LogP contribution in [0.2, 0.25) is 0 Å². The lowest BCUT2D eigenvalue weighted by Gasteiger charge is -2.06. The molecule has 0 spiro atoms. The first kappa shape index (κ1) is 13.0. The first-order valence-corrected chi connectivity index (χ1v) is 5.92. The van der Waals surface area contributed by atoms with E-state index in [9.17, 15) is 4.39 Å². The van der Waals surface area contributed by atoms with Crippen molar-refractivity contribution >= 4 is 5.95 Å². The van der Waals surface area contributed by atoms with Gasteiger partial charge < -0.3 is 5.32 Å². The molecule has 2 rings (SSSR count). The maximum absolute atomic E-state index is 13.4. The Kier molecular flexibility index (Phi) is 4.04. The maximum atomic E-state index is 13.4. The van der Waals surface area contributed by atoms with Crippen molar-refractivity contribution in [1.82, 2.24) is 9.97 Å². The zero-order valence-electron chi connectivity index (χ0n) is 10.5. The van der Waals surface area contributed by atoms with Crippen LogP contribution in [0.5, 0.6) is 0 Å². The number of rotatable bonds is 4. The smallest absolute Gasteiger partial charge is 0.224 e. The van der Waals surface area contributed by atoms with Crippen LogP contribution in [0.4, 0.5) is 10.3 Å². The van der Waals surface area contributed by atoms with Crippen LogP contribution in [0.25, 0.3) is 0 Å². The third-order valence-corrected chi connectivity index (χ3v) is 2.60. The van der Waals surface area contributed by atoms with E-state index in [1.54, 1.807) is 31.2 Å². The summed E-state index contributed by atoms with van der Waals surface area (Å²) < 4.78 is 13.4. The molecule has 1 aromatic heterocycles. The molecule has 0 amide bonds. The molecule has 0 radical (unpaired) electrons. The van der Waals surface area contributed by atoms with E-state index in [2.05, 4.69) is 15.3 Å². The van der Waals surface area contributed by atoms with E-state index >= 15 is 0 Å². The number of nitriles is 1. The Morgan fingerprint density at radius 2 is 2.11 bits per heavy atom. The van der Waals surface area contributed by atoms with Gasteiger partial charge >= 0.3 is 0 Å². The number of benzene rings is 1. The number of aromatic nitrogens is 2. The van der Waals surface area contributed by atoms with E-state index in [4.69, 9.17) is 5.26 Å². The van der Waals surface area contributed by atoms with Crippen molar-refractivity contribution in [2.24, 2.45) is 0 Å². The molecule has 0 saturated heterocycles. The molecule has 1 heterocycles. The van der Waals surface area contributed by atoms with E-state index in [1.807, 2.05) is 6.07 Å². The Morgan fingerprint density at radius 1 is 1.32 bits per heavy atom. The second kappa shape index (κ2) is 5.91. The first-order valence-electron chi connectivity index (χ1n) is 5.92. The lowest BCUT2D eigenvalue weighted by molar-refractivity contribution is 0.610. The van der Waals surface area contributed by atoms with Crippen LogP contribution in [0.3, 0.4) is 0 Å². The van der Waals surface area contributed by atoms with E-state index in [-0.39, 0.29) is 5.82 Å². The topological polar surface area (TPSA) is 61.6 Å². The van der Waals surface area contributed by atoms with E-state index in [0.29, 0.717) is 30.2 Å². The minimum Gasteiger partial charge on any atom is -0.354 e. The first-order chi connectivity index (χ1) is 9.19. The Balaban J connectivity index is 1.98. The summed E-state index contributed by atoms with van der Waals surface area (Å²) in [6.07, 6.45) is 0.534. The molecule has 0 fully saturated rings. The van der Waals surface area contributed by atoms with Crippen LogP contribution in [0.1, 0.15) is 17.0 Å². The van der Waals surface area contributed by atoms with Gasteiger partial charge in [-0.1, -0.05) is 18.2 Å². The second-order valence-corrected chi connectivity index (χ2v) is 4.10. The van der Waals surface area contributed by atoms with Gasteiger partial charge in [0.2, 0.25) is 5.95 Å². The summed E-state index contributed by atoms with van der Waals surface area (Å²) >= 11 is 0. The lowest BCUT2D eigenvalue weighted by atomic mass is 10.1. The average Bonchev–Trinajstić information content (AvgIpc) is 2.40. The highest BCUT2D eigenvalue weighted by atomic mass is 19.1. The minimum absolute atomic E-state index is 0.216. The largest absolute Gasteiger partial charge is 0.354 e. The SMILES string of the molecule is Cc1cc(C#N)nc(NCCc2ccccc2F)n1. The highest BCUT2D eigenvalue weighted by Crippen LogP contribution is 2.08. The van der Waals surface area contributed by atoms with Crippen LogP contribution in [0, 0.1) is 24.1 Å². The third-order valence-electron chi connectivity index (χ3n) is 2.60. The highest BCUT2D eigenvalue weighted by Gasteiger charge is 2.03. The molecule has 0 bridgehead atoms. The van der Waals surface area contributed by atoms with Crippen LogP contribution in [-0.4, -0.2) is 16.5 Å². The third kappa shape index (κ3) is 3.49. The molecule has 0 aliphatic heterocycles. The highest BCUT2D eigenvalue weighted by molar-refractivity contribution is 5.33. The van der Waals surface area contributed by atoms with Crippen molar-refractivity contribution in [3.63, 3.8) is 0 Å². The monoisotopic (exact) mass is 256 g/mol. The molecule has 0 atom stereocenters. The number of nitrogens with zero attached hydrogens (tertiary/aromatic N) is 3. The quantitative estimate of drug-likeness (QED) is 0.912. The summed E-state index contributed by atoms with van der Waals surface area (Å²) in [7, 11) is 0. The van der Waals surface area contributed by atoms with Gasteiger partial charge in [-0.05, 0) is 31.0 Å². The molecular weight excluding hydrogens is 243 g/mol. The van der Waals surface area contributed by atoms with Crippen LogP contribution in [-0.2, 0) is 6.42 Å². The fourth-order valence-electron chi connectivity index (χ4n) is 1.71. The van der Waals surface area contributed by atoms with Crippen molar-refractivity contribution < 1.29 is 4.39 Å². The zero-order chi connectivity index (χ0) is 13.7. The average molecular weight is 256 g/mol. The summed E-state index contributed by atoms with van der Waals surface area (Å²) in [6.45, 7) is 2.31. The number of hydrogen-bond acceptors (Lipinski definition) is 4. The second-order valence-electron chi connectivity index (χ2n) is 4.10. The molecule has 0 unspecified atom stereocenters. The Morgan fingerprint density at radius 3 is 2.84 bits per heavy atom. The van der Waals surface area contributed by atoms with Crippen molar-refractivity contribution in [3.8, 4) is 6.07 Å². The molecule has 4 nitrogen and oxygen atoms in total. The summed E-state index contributed by atoms with van der Waals surface area (Å²) in [6, 6.07) is 10.2. The van der Waals surface area contributed by atoms with Crippen molar-refractivity contribution in [3.05, 3.63) is 53.1 Å². The van der Waals surface area contributed by atoms with Gasteiger partial charge in [-0.3, -0.25) is 0 Å². The van der Waals surface area contributed by atoms with Gasteiger partial charge in [0.25, 0.3) is 0 Å². The predicted molar refractivity (Wildman–Crippen MR) is 70.1 cm³/mol. The minimum atomic E-state index is -0.216. The summed E-state index contributed by atoms with van der Waals surface area (Å²) in [5.74, 6) is 0.181. The molecule has 1 aromatic carbocycles. The molecule has 2 aromatic rings. The van der Waals surface area contributed by atoms with Crippen molar-refractivity contribution in [2.75, 3.05) is 11.9 Å². The summed E-state index contributed by atoms with van der Waals surface area (Å²) in [5.41, 5.74) is 1.68. The van der Waals surface area contributed by atoms with Gasteiger partial charge in [0.1, 0.15) is 17.6 Å². The lowest BCUT2D eigenvalue weighted by Crippen LogP contribution is -2.10. The van der Waals surface area contributed by atoms with Gasteiger partial charge in [0.15, 0.2) is 0 Å². The molecule has 5 heteroatoms. The van der Waals surface area contributed by atoms with Gasteiger partial charge in [0.05, 0.1) is 0 Å². The number of anilines is 1. The van der Waals surface area contributed by atoms with Gasteiger partial charge in [-0.15, -0.1) is 0 Å². The fourth-order valence-corrected chi connectivity index (χ4v) is 1.71. The predicted octanol–water partition coefficient (Wildman–Crippen LogP) is 2.45. The Hall–Kier alpha value is -2.48. The van der Waals surface area contributed by atoms with Crippen LogP contribution < -0.4 is 5.32 Å². The number of hydrogen-bond donors (Lipinski definition) is 1. The van der Waals surface area contributed by atoms with E-state index in [0.717, 1.165) is 5.69 Å². The molecule has 0 saturated carbocycles. The zero-order valence-corrected chi connectivity index (χ0v) is 10.5. The number of aryl methyl sites for hydroxylation is 1. The molecule has 0 aliphatic carbocycles. The normalized spacial score (nSPS) is 9.95. The van der Waals surface area contributed by atoms with Gasteiger partial charge in [-0.2, -0.15) is 5.26 Å². The maximum Gasteiger partial charge on any atom is 0.224 e. The van der Waals surface area contributed by atoms with Crippen molar-refractivity contribution in [1.29, 1.82) is 5.26 Å². The number of nitrogens with one attached hydrogen (secondary N) is 1. The fraction of sp³-hybridized carbons (Fsp3) is 0.214. The Bertz CT molecular complexity index is 619. The molecular formula is C14H13FN4. The van der Waals surface area contributed by atoms with E-state index in [1.165, 1.54) is 6.07 Å². The number of halogens is 1. The molecule has 1 N–H and O–H groups in total. The summed E-state index contributed by atoms with van der Waals surface area (Å²) in [4.78, 5) is 8.20. The molecule has 96 valence electrons. The standard InChI is InChI=1S/C14H13FN4/c1-10-8-12(9-16)19-14(18-10)17-7-6-11-4-2-3-5-13(11)15/h2-5,8H,6-7H2,1H3,(H,17,18,19). The van der Waals surface area contributed by atoms with Gasteiger partial charge in [-0.25, -0.2) is 14.4 Å². The van der Waals surface area contributed by atoms with Crippen molar-refractivity contribution in [2.45, 2.75) is 13.3 Å². The molecule has 19 heavy (non-hydrogen) atoms. The summed E-state index contributed by atoms with van der Waals surface area (Å²) in [5, 5.41) is 11.8. The van der Waals surface area contributed by atoms with Crippen LogP contribution in [0.15, 0.2) is 30.3 Å². The Labute approximate surface area is 110 Å². The molecule has 0 aliphatic rings. The van der Waals surface area contributed by atoms with Gasteiger partial charge in [0, 0.05) is 12.2 Å². The van der Waals surface area contributed by atoms with Crippen LogP contribution >= 0.6 is 0 Å².